The Labute approximate surface area is 182 Å². The number of hydrogen-bond acceptors (Lipinski definition) is 3. The van der Waals surface area contributed by atoms with Crippen molar-refractivity contribution >= 4 is 5.97 Å². The van der Waals surface area contributed by atoms with E-state index in [2.05, 4.69) is 62.0 Å². The van der Waals surface area contributed by atoms with Crippen LogP contribution in [0.3, 0.4) is 0 Å². The lowest BCUT2D eigenvalue weighted by molar-refractivity contribution is -0.139. The molecular formula is C27H37NO2. The van der Waals surface area contributed by atoms with E-state index in [0.29, 0.717) is 18.6 Å². The molecule has 30 heavy (non-hydrogen) atoms. The van der Waals surface area contributed by atoms with Gasteiger partial charge in [0.15, 0.2) is 0 Å². The number of carbonyl (C=O) groups excluding carboxylic acids is 1. The molecule has 0 unspecified atom stereocenters. The minimum Gasteiger partial charge on any atom is -0.462 e. The molecule has 0 N–H and O–H groups in total. The standard InChI is InChI=1S/C27H37NO2/c1-5-6-7-9-23-11-15-25(16-12-23)26-17-13-24(14-18-26)10-8-21-30-27(29)22(2)19-20-28(3)4/h11-18H,2,5-10,19-21H2,1,3-4H3. The highest BCUT2D eigenvalue weighted by Crippen LogP contribution is 2.21. The first-order valence-electron chi connectivity index (χ1n) is 11.2. The lowest BCUT2D eigenvalue weighted by Crippen LogP contribution is -2.17. The third kappa shape index (κ3) is 8.54. The second kappa shape index (κ2) is 13.0. The van der Waals surface area contributed by atoms with Crippen molar-refractivity contribution in [3.8, 4) is 11.1 Å². The van der Waals surface area contributed by atoms with Gasteiger partial charge in [0.1, 0.15) is 0 Å². The molecule has 0 spiro atoms. The Bertz CT molecular complexity index is 776. The summed E-state index contributed by atoms with van der Waals surface area (Å²) in [5.41, 5.74) is 5.72. The summed E-state index contributed by atoms with van der Waals surface area (Å²) in [4.78, 5) is 14.0. The van der Waals surface area contributed by atoms with E-state index in [0.717, 1.165) is 19.4 Å². The number of benzene rings is 2. The highest BCUT2D eigenvalue weighted by atomic mass is 16.5. The molecule has 0 aromatic heterocycles. The Morgan fingerprint density at radius 3 is 1.90 bits per heavy atom. The van der Waals surface area contributed by atoms with Gasteiger partial charge in [0.05, 0.1) is 6.61 Å². The van der Waals surface area contributed by atoms with Gasteiger partial charge in [-0.15, -0.1) is 0 Å². The Kier molecular flexibility index (Phi) is 10.4. The summed E-state index contributed by atoms with van der Waals surface area (Å²) in [5.74, 6) is -0.273. The van der Waals surface area contributed by atoms with Crippen molar-refractivity contribution in [2.45, 2.75) is 51.9 Å². The number of carbonyl (C=O) groups is 1. The van der Waals surface area contributed by atoms with Gasteiger partial charge in [-0.25, -0.2) is 4.79 Å². The number of ether oxygens (including phenoxy) is 1. The van der Waals surface area contributed by atoms with Crippen LogP contribution in [0.25, 0.3) is 11.1 Å². The summed E-state index contributed by atoms with van der Waals surface area (Å²) in [6, 6.07) is 17.6. The Hall–Kier alpha value is -2.39. The highest BCUT2D eigenvalue weighted by molar-refractivity contribution is 5.87. The third-order valence-corrected chi connectivity index (χ3v) is 5.30. The lowest BCUT2D eigenvalue weighted by Gasteiger charge is -2.11. The topological polar surface area (TPSA) is 29.5 Å². The van der Waals surface area contributed by atoms with Crippen LogP contribution in [-0.4, -0.2) is 38.1 Å². The van der Waals surface area contributed by atoms with Crippen LogP contribution in [-0.2, 0) is 22.4 Å². The molecule has 162 valence electrons. The van der Waals surface area contributed by atoms with Gasteiger partial charge in [-0.3, -0.25) is 0 Å². The van der Waals surface area contributed by atoms with E-state index in [1.165, 1.54) is 47.9 Å². The Morgan fingerprint density at radius 1 is 0.867 bits per heavy atom. The second-order valence-corrected chi connectivity index (χ2v) is 8.25. The first kappa shape index (κ1) is 23.9. The van der Waals surface area contributed by atoms with Gasteiger partial charge < -0.3 is 9.64 Å². The van der Waals surface area contributed by atoms with Crippen LogP contribution >= 0.6 is 0 Å². The number of hydrogen-bond donors (Lipinski definition) is 0. The van der Waals surface area contributed by atoms with E-state index in [4.69, 9.17) is 4.74 Å². The van der Waals surface area contributed by atoms with Gasteiger partial charge in [0.25, 0.3) is 0 Å². The molecule has 0 amide bonds. The second-order valence-electron chi connectivity index (χ2n) is 8.25. The predicted octanol–water partition coefficient (Wildman–Crippen LogP) is 6.07. The lowest BCUT2D eigenvalue weighted by atomic mass is 9.99. The van der Waals surface area contributed by atoms with Gasteiger partial charge in [-0.1, -0.05) is 74.9 Å². The van der Waals surface area contributed by atoms with Crippen molar-refractivity contribution in [3.05, 3.63) is 71.8 Å². The molecule has 0 aliphatic carbocycles. The summed E-state index contributed by atoms with van der Waals surface area (Å²) in [5, 5.41) is 0. The molecule has 0 bridgehead atoms. The third-order valence-electron chi connectivity index (χ3n) is 5.30. The molecule has 0 saturated carbocycles. The zero-order valence-electron chi connectivity index (χ0n) is 19.0. The van der Waals surface area contributed by atoms with Crippen LogP contribution in [0.4, 0.5) is 0 Å². The molecule has 0 radical (unpaired) electrons. The van der Waals surface area contributed by atoms with Gasteiger partial charge in [0.2, 0.25) is 0 Å². The summed E-state index contributed by atoms with van der Waals surface area (Å²) in [7, 11) is 3.96. The van der Waals surface area contributed by atoms with E-state index in [1.54, 1.807) is 0 Å². The van der Waals surface area contributed by atoms with E-state index in [1.807, 2.05) is 19.0 Å². The number of unbranched alkanes of at least 4 members (excludes halogenated alkanes) is 2. The molecule has 0 aliphatic heterocycles. The fourth-order valence-corrected chi connectivity index (χ4v) is 3.31. The average Bonchev–Trinajstić information content (AvgIpc) is 2.76. The minimum atomic E-state index is -0.273. The van der Waals surface area contributed by atoms with E-state index < -0.39 is 0 Å². The SMILES string of the molecule is C=C(CCN(C)C)C(=O)OCCCc1ccc(-c2ccc(CCCCC)cc2)cc1. The highest BCUT2D eigenvalue weighted by Gasteiger charge is 2.08. The van der Waals surface area contributed by atoms with Crippen molar-refractivity contribution in [3.63, 3.8) is 0 Å². The van der Waals surface area contributed by atoms with E-state index in [9.17, 15) is 4.79 Å². The van der Waals surface area contributed by atoms with Crippen molar-refractivity contribution < 1.29 is 9.53 Å². The predicted molar refractivity (Wildman–Crippen MR) is 127 cm³/mol. The van der Waals surface area contributed by atoms with Crippen molar-refractivity contribution in [1.82, 2.24) is 4.90 Å². The van der Waals surface area contributed by atoms with Crippen LogP contribution in [0, 0.1) is 0 Å². The van der Waals surface area contributed by atoms with Crippen molar-refractivity contribution in [1.29, 1.82) is 0 Å². The molecule has 3 nitrogen and oxygen atoms in total. The summed E-state index contributed by atoms with van der Waals surface area (Å²) >= 11 is 0. The number of nitrogens with zero attached hydrogens (tertiary/aromatic N) is 1. The number of esters is 1. The zero-order valence-corrected chi connectivity index (χ0v) is 19.0. The Balaban J connectivity index is 1.74. The van der Waals surface area contributed by atoms with Crippen LogP contribution < -0.4 is 0 Å². The van der Waals surface area contributed by atoms with Crippen LogP contribution in [0.15, 0.2) is 60.7 Å². The monoisotopic (exact) mass is 407 g/mol. The minimum absolute atomic E-state index is 0.273. The summed E-state index contributed by atoms with van der Waals surface area (Å²) in [6.07, 6.45) is 7.36. The Morgan fingerprint density at radius 2 is 1.40 bits per heavy atom. The average molecular weight is 408 g/mol. The van der Waals surface area contributed by atoms with E-state index in [-0.39, 0.29) is 5.97 Å². The van der Waals surface area contributed by atoms with Gasteiger partial charge in [-0.2, -0.15) is 0 Å². The molecule has 0 aliphatic rings. The van der Waals surface area contributed by atoms with Gasteiger partial charge in [0, 0.05) is 12.1 Å². The maximum absolute atomic E-state index is 11.9. The van der Waals surface area contributed by atoms with Gasteiger partial charge in [-0.05, 0) is 68.5 Å². The smallest absolute Gasteiger partial charge is 0.333 e. The maximum atomic E-state index is 11.9. The van der Waals surface area contributed by atoms with Crippen LogP contribution in [0.5, 0.6) is 0 Å². The molecular weight excluding hydrogens is 370 g/mol. The molecule has 0 saturated heterocycles. The zero-order chi connectivity index (χ0) is 21.8. The van der Waals surface area contributed by atoms with Crippen LogP contribution in [0.2, 0.25) is 0 Å². The number of aryl methyl sites for hydroxylation is 2. The fourth-order valence-electron chi connectivity index (χ4n) is 3.31. The molecule has 3 heteroatoms. The normalized spacial score (nSPS) is 10.9. The first-order valence-corrected chi connectivity index (χ1v) is 11.2. The molecule has 2 aromatic rings. The number of rotatable bonds is 13. The van der Waals surface area contributed by atoms with Gasteiger partial charge >= 0.3 is 5.97 Å². The molecule has 2 rings (SSSR count). The largest absolute Gasteiger partial charge is 0.462 e. The van der Waals surface area contributed by atoms with E-state index >= 15 is 0 Å². The van der Waals surface area contributed by atoms with Crippen LogP contribution in [0.1, 0.15) is 50.2 Å². The van der Waals surface area contributed by atoms with Crippen molar-refractivity contribution in [2.75, 3.05) is 27.2 Å². The maximum Gasteiger partial charge on any atom is 0.333 e. The van der Waals surface area contributed by atoms with Crippen molar-refractivity contribution in [2.24, 2.45) is 0 Å². The molecule has 0 atom stereocenters. The summed E-state index contributed by atoms with van der Waals surface area (Å²) in [6.45, 7) is 7.30. The molecule has 2 aromatic carbocycles. The fraction of sp³-hybridized carbons (Fsp3) is 0.444. The first-order chi connectivity index (χ1) is 14.5. The molecule has 0 fully saturated rings. The summed E-state index contributed by atoms with van der Waals surface area (Å²) < 4.78 is 5.34. The molecule has 0 heterocycles. The quantitative estimate of drug-likeness (QED) is 0.229.